The van der Waals surface area contributed by atoms with E-state index < -0.39 is 0 Å². The minimum atomic E-state index is -0.287. The van der Waals surface area contributed by atoms with Crippen LogP contribution < -0.4 is 10.6 Å². The van der Waals surface area contributed by atoms with E-state index in [0.717, 1.165) is 28.9 Å². The number of aliphatic hydroxyl groups excluding tert-OH is 1. The van der Waals surface area contributed by atoms with E-state index in [1.807, 2.05) is 61.9 Å². The van der Waals surface area contributed by atoms with Gasteiger partial charge < -0.3 is 19.9 Å². The third-order valence-corrected chi connectivity index (χ3v) is 8.47. The molecule has 0 spiro atoms. The van der Waals surface area contributed by atoms with Gasteiger partial charge in [0, 0.05) is 38.1 Å². The summed E-state index contributed by atoms with van der Waals surface area (Å²) in [6, 6.07) is 13.2. The maximum absolute atomic E-state index is 13.4. The van der Waals surface area contributed by atoms with E-state index in [9.17, 15) is 20.0 Å². The SMILES string of the molecule is CC(C)/C=C(\C#N)C(=O)N1CCC[C@@H]1Cn1c(NC(=O)c2ccc(-n3cccn3)s2)nc2cc(CN[C@H](C)CO)ccc21. The number of nitriles is 1. The molecule has 1 aliphatic rings. The maximum atomic E-state index is 13.4. The fraction of sp³-hybridized carbons (Fsp3) is 0.387. The number of hydrogen-bond acceptors (Lipinski definition) is 8. The summed E-state index contributed by atoms with van der Waals surface area (Å²) < 4.78 is 3.66. The Labute approximate surface area is 254 Å². The third kappa shape index (κ3) is 6.85. The van der Waals surface area contributed by atoms with Crippen molar-refractivity contribution in [1.82, 2.24) is 29.5 Å². The molecule has 1 aliphatic heterocycles. The number of likely N-dealkylation sites (tertiary alicyclic amines) is 1. The van der Waals surface area contributed by atoms with Crippen LogP contribution in [-0.4, -0.2) is 66.4 Å². The standard InChI is InChI=1S/C31H36N8O3S/c1-20(2)14-23(16-32)30(42)37-12-4-6-24(37)18-38-26-8-7-22(17-33-21(3)19-40)15-25(26)35-31(38)36-29(41)27-9-10-28(43-27)39-13-5-11-34-39/h5,7-11,13-15,20-21,24,33,40H,4,6,12,17-19H2,1-3H3,(H,35,36,41)/b23-14+/t21-,24-/m1/s1. The molecule has 1 fully saturated rings. The van der Waals surface area contributed by atoms with Gasteiger partial charge in [0.2, 0.25) is 5.95 Å². The van der Waals surface area contributed by atoms with Crippen LogP contribution in [0.1, 0.15) is 48.8 Å². The van der Waals surface area contributed by atoms with E-state index in [1.54, 1.807) is 27.9 Å². The number of thiophene rings is 1. The Morgan fingerprint density at radius 3 is 2.81 bits per heavy atom. The second-order valence-electron chi connectivity index (χ2n) is 11.1. The monoisotopic (exact) mass is 600 g/mol. The molecule has 4 heterocycles. The normalized spacial score (nSPS) is 16.1. The van der Waals surface area contributed by atoms with Crippen LogP contribution >= 0.6 is 11.3 Å². The fourth-order valence-electron chi connectivity index (χ4n) is 5.21. The number of allylic oxidation sites excluding steroid dienone is 1. The Bertz CT molecular complexity index is 1660. The first-order valence-electron chi connectivity index (χ1n) is 14.4. The molecule has 224 valence electrons. The van der Waals surface area contributed by atoms with Crippen LogP contribution in [0.15, 0.2) is 60.4 Å². The summed E-state index contributed by atoms with van der Waals surface area (Å²) in [5.41, 5.74) is 2.69. The smallest absolute Gasteiger partial charge is 0.268 e. The van der Waals surface area contributed by atoms with Crippen molar-refractivity contribution in [2.45, 2.75) is 58.8 Å². The lowest BCUT2D eigenvalue weighted by Crippen LogP contribution is -2.39. The van der Waals surface area contributed by atoms with Crippen LogP contribution in [0.5, 0.6) is 0 Å². The quantitative estimate of drug-likeness (QED) is 0.174. The lowest BCUT2D eigenvalue weighted by molar-refractivity contribution is -0.127. The zero-order valence-corrected chi connectivity index (χ0v) is 25.3. The molecule has 3 N–H and O–H groups in total. The number of amides is 2. The summed E-state index contributed by atoms with van der Waals surface area (Å²) >= 11 is 1.33. The second kappa shape index (κ2) is 13.3. The molecule has 12 heteroatoms. The Kier molecular flexibility index (Phi) is 9.35. The van der Waals surface area contributed by atoms with Crippen LogP contribution in [0.25, 0.3) is 16.0 Å². The van der Waals surface area contributed by atoms with E-state index in [0.29, 0.717) is 36.0 Å². The number of rotatable bonds is 11. The van der Waals surface area contributed by atoms with Crippen molar-refractivity contribution in [2.75, 3.05) is 18.5 Å². The molecule has 0 radical (unpaired) electrons. The minimum absolute atomic E-state index is 0.0361. The Morgan fingerprint density at radius 2 is 2.09 bits per heavy atom. The molecular weight excluding hydrogens is 564 g/mol. The van der Waals surface area contributed by atoms with Gasteiger partial charge in [-0.05, 0) is 61.6 Å². The zero-order valence-electron chi connectivity index (χ0n) is 24.5. The van der Waals surface area contributed by atoms with Crippen LogP contribution in [0.2, 0.25) is 0 Å². The van der Waals surface area contributed by atoms with E-state index >= 15 is 0 Å². The topological polar surface area (TPSA) is 141 Å². The highest BCUT2D eigenvalue weighted by Crippen LogP contribution is 2.28. The number of aromatic nitrogens is 4. The number of benzene rings is 1. The average Bonchev–Trinajstić information content (AvgIpc) is 3.81. The highest BCUT2D eigenvalue weighted by Gasteiger charge is 2.32. The molecular formula is C31H36N8O3S. The van der Waals surface area contributed by atoms with Crippen molar-refractivity contribution in [1.29, 1.82) is 5.26 Å². The molecule has 1 aromatic carbocycles. The minimum Gasteiger partial charge on any atom is -0.395 e. The van der Waals surface area contributed by atoms with Gasteiger partial charge in [0.25, 0.3) is 11.8 Å². The van der Waals surface area contributed by atoms with E-state index in [1.165, 1.54) is 11.3 Å². The van der Waals surface area contributed by atoms with Gasteiger partial charge in [-0.2, -0.15) is 10.4 Å². The predicted molar refractivity (Wildman–Crippen MR) is 166 cm³/mol. The predicted octanol–water partition coefficient (Wildman–Crippen LogP) is 4.10. The number of nitrogens with zero attached hydrogens (tertiary/aromatic N) is 6. The third-order valence-electron chi connectivity index (χ3n) is 7.39. The van der Waals surface area contributed by atoms with Gasteiger partial charge in [-0.25, -0.2) is 9.67 Å². The molecule has 4 aromatic rings. The second-order valence-corrected chi connectivity index (χ2v) is 12.2. The van der Waals surface area contributed by atoms with Crippen molar-refractivity contribution >= 4 is 40.1 Å². The van der Waals surface area contributed by atoms with Crippen LogP contribution in [0.4, 0.5) is 5.95 Å². The van der Waals surface area contributed by atoms with Crippen molar-refractivity contribution in [2.24, 2.45) is 5.92 Å². The number of hydrogen-bond donors (Lipinski definition) is 3. The van der Waals surface area contributed by atoms with Crippen LogP contribution in [-0.2, 0) is 17.9 Å². The van der Waals surface area contributed by atoms with Crippen molar-refractivity contribution < 1.29 is 14.7 Å². The van der Waals surface area contributed by atoms with Crippen molar-refractivity contribution in [3.05, 3.63) is 70.9 Å². The first kappa shape index (κ1) is 30.2. The fourth-order valence-corrected chi connectivity index (χ4v) is 6.05. The molecule has 0 aliphatic carbocycles. The van der Waals surface area contributed by atoms with Crippen LogP contribution in [0, 0.1) is 17.2 Å². The first-order valence-corrected chi connectivity index (χ1v) is 15.3. The van der Waals surface area contributed by atoms with E-state index in [2.05, 4.69) is 21.8 Å². The number of carbonyl (C=O) groups excluding carboxylic acids is 2. The number of nitrogens with one attached hydrogen (secondary N) is 2. The molecule has 43 heavy (non-hydrogen) atoms. The highest BCUT2D eigenvalue weighted by atomic mass is 32.1. The average molecular weight is 601 g/mol. The number of fused-ring (bicyclic) bond motifs is 1. The molecule has 2 amide bonds. The summed E-state index contributed by atoms with van der Waals surface area (Å²) in [5.74, 6) is -0.0796. The first-order chi connectivity index (χ1) is 20.8. The maximum Gasteiger partial charge on any atom is 0.268 e. The summed E-state index contributed by atoms with van der Waals surface area (Å²) in [4.78, 5) is 33.9. The largest absolute Gasteiger partial charge is 0.395 e. The molecule has 5 rings (SSSR count). The molecule has 0 unspecified atom stereocenters. The summed E-state index contributed by atoms with van der Waals surface area (Å²) in [7, 11) is 0. The van der Waals surface area contributed by atoms with Gasteiger partial charge in [0.1, 0.15) is 16.6 Å². The zero-order chi connectivity index (χ0) is 30.5. The summed E-state index contributed by atoms with van der Waals surface area (Å²) in [6.45, 7) is 7.37. The molecule has 0 saturated carbocycles. The Morgan fingerprint density at radius 1 is 1.26 bits per heavy atom. The lowest BCUT2D eigenvalue weighted by atomic mass is 10.1. The van der Waals surface area contributed by atoms with Crippen LogP contribution in [0.3, 0.4) is 0 Å². The number of aliphatic hydroxyl groups is 1. The van der Waals surface area contributed by atoms with Gasteiger partial charge in [-0.15, -0.1) is 11.3 Å². The number of carbonyl (C=O) groups is 2. The van der Waals surface area contributed by atoms with Crippen molar-refractivity contribution in [3.8, 4) is 11.1 Å². The lowest BCUT2D eigenvalue weighted by Gasteiger charge is -2.26. The van der Waals surface area contributed by atoms with Gasteiger partial charge >= 0.3 is 0 Å². The molecule has 11 nitrogen and oxygen atoms in total. The summed E-state index contributed by atoms with van der Waals surface area (Å²) in [5, 5.41) is 30.4. The molecule has 3 aromatic heterocycles. The number of imidazole rings is 1. The van der Waals surface area contributed by atoms with E-state index in [-0.39, 0.29) is 42.0 Å². The van der Waals surface area contributed by atoms with Gasteiger partial charge in [-0.1, -0.05) is 26.0 Å². The molecule has 2 atom stereocenters. The van der Waals surface area contributed by atoms with Gasteiger partial charge in [-0.3, -0.25) is 14.9 Å². The number of anilines is 1. The van der Waals surface area contributed by atoms with E-state index in [4.69, 9.17) is 4.98 Å². The van der Waals surface area contributed by atoms with Gasteiger partial charge in [0.05, 0.1) is 28.6 Å². The Balaban J connectivity index is 1.45. The van der Waals surface area contributed by atoms with Crippen molar-refractivity contribution in [3.63, 3.8) is 0 Å². The molecule has 0 bridgehead atoms. The highest BCUT2D eigenvalue weighted by molar-refractivity contribution is 7.16. The molecule has 1 saturated heterocycles. The van der Waals surface area contributed by atoms with Gasteiger partial charge in [0.15, 0.2) is 0 Å². The Hall–Kier alpha value is -4.31. The summed E-state index contributed by atoms with van der Waals surface area (Å²) in [6.07, 6.45) is 6.82.